The van der Waals surface area contributed by atoms with E-state index in [1.807, 2.05) is 0 Å². The van der Waals surface area contributed by atoms with Crippen LogP contribution in [-0.2, 0) is 5.41 Å². The number of nitrogens with zero attached hydrogens (tertiary/aromatic N) is 1. The molecule has 0 atom stereocenters. The minimum absolute atomic E-state index is 0.551. The van der Waals surface area contributed by atoms with E-state index >= 15 is 0 Å². The Morgan fingerprint density at radius 1 is 0.212 bits per heavy atom. The maximum atomic E-state index is 2.47. The molecule has 0 unspecified atom stereocenters. The Labute approximate surface area is 467 Å². The van der Waals surface area contributed by atoms with Gasteiger partial charge in [-0.05, 0) is 164 Å². The third kappa shape index (κ3) is 7.77. The van der Waals surface area contributed by atoms with Crippen molar-refractivity contribution in [1.82, 2.24) is 0 Å². The Morgan fingerprint density at radius 3 is 1.36 bits per heavy atom. The summed E-state index contributed by atoms with van der Waals surface area (Å²) < 4.78 is 0. The van der Waals surface area contributed by atoms with Gasteiger partial charge in [0.2, 0.25) is 0 Å². The molecule has 1 aliphatic rings. The van der Waals surface area contributed by atoms with Crippen molar-refractivity contribution >= 4 is 49.4 Å². The second-order valence-electron chi connectivity index (χ2n) is 21.1. The normalized spacial score (nSPS) is 12.3. The first-order valence-corrected chi connectivity index (χ1v) is 27.7. The van der Waals surface area contributed by atoms with Crippen LogP contribution in [0.5, 0.6) is 0 Å². The minimum Gasteiger partial charge on any atom is -0.310 e. The van der Waals surface area contributed by atoms with Gasteiger partial charge < -0.3 is 4.90 Å². The maximum Gasteiger partial charge on any atom is 0.0714 e. The average Bonchev–Trinajstić information content (AvgIpc) is 3.97. The second kappa shape index (κ2) is 19.6. The fraction of sp³-hybridized carbons (Fsp3) is 0.0127. The van der Waals surface area contributed by atoms with Gasteiger partial charge in [0.05, 0.1) is 5.41 Å². The lowest BCUT2D eigenvalue weighted by atomic mass is 9.67. The summed E-state index contributed by atoms with van der Waals surface area (Å²) in [6.45, 7) is 0. The van der Waals surface area contributed by atoms with Crippen molar-refractivity contribution in [2.24, 2.45) is 0 Å². The smallest absolute Gasteiger partial charge is 0.0714 e. The molecule has 1 aliphatic carbocycles. The zero-order valence-electron chi connectivity index (χ0n) is 44.0. The highest BCUT2D eigenvalue weighted by Gasteiger charge is 2.46. The summed E-state index contributed by atoms with van der Waals surface area (Å²) in [7, 11) is 0. The molecule has 80 heavy (non-hydrogen) atoms. The van der Waals surface area contributed by atoms with Gasteiger partial charge in [-0.15, -0.1) is 0 Å². The lowest BCUT2D eigenvalue weighted by Crippen LogP contribution is -2.28. The molecule has 0 bridgehead atoms. The van der Waals surface area contributed by atoms with Crippen LogP contribution in [-0.4, -0.2) is 0 Å². The summed E-state index contributed by atoms with van der Waals surface area (Å²) in [6, 6.07) is 119. The van der Waals surface area contributed by atoms with Crippen molar-refractivity contribution in [3.05, 3.63) is 344 Å². The predicted octanol–water partition coefficient (Wildman–Crippen LogP) is 21.3. The molecular formula is C79H53N. The number of rotatable bonds is 10. The van der Waals surface area contributed by atoms with E-state index in [4.69, 9.17) is 0 Å². The molecule has 0 fully saturated rings. The molecule has 1 heteroatoms. The van der Waals surface area contributed by atoms with Crippen LogP contribution in [0.2, 0.25) is 0 Å². The van der Waals surface area contributed by atoms with E-state index in [9.17, 15) is 0 Å². The second-order valence-corrected chi connectivity index (χ2v) is 21.1. The van der Waals surface area contributed by atoms with Crippen LogP contribution >= 0.6 is 0 Å². The minimum atomic E-state index is -0.551. The first-order valence-electron chi connectivity index (χ1n) is 27.7. The van der Waals surface area contributed by atoms with Crippen LogP contribution in [0.3, 0.4) is 0 Å². The first-order chi connectivity index (χ1) is 39.7. The van der Waals surface area contributed by atoms with Gasteiger partial charge >= 0.3 is 0 Å². The quantitative estimate of drug-likeness (QED) is 0.123. The van der Waals surface area contributed by atoms with Crippen LogP contribution < -0.4 is 4.90 Å². The fourth-order valence-electron chi connectivity index (χ4n) is 13.1. The number of hydrogen-bond acceptors (Lipinski definition) is 1. The first kappa shape index (κ1) is 46.9. The van der Waals surface area contributed by atoms with Crippen molar-refractivity contribution in [2.75, 3.05) is 4.90 Å². The van der Waals surface area contributed by atoms with E-state index in [2.05, 4.69) is 326 Å². The summed E-state index contributed by atoms with van der Waals surface area (Å²) in [5.74, 6) is 0. The third-order valence-corrected chi connectivity index (χ3v) is 16.7. The highest BCUT2D eigenvalue weighted by Crippen LogP contribution is 2.57. The molecule has 0 radical (unpaired) electrons. The van der Waals surface area contributed by atoms with Gasteiger partial charge in [0, 0.05) is 17.1 Å². The largest absolute Gasteiger partial charge is 0.310 e. The van der Waals surface area contributed by atoms with E-state index in [0.717, 1.165) is 33.8 Å². The Morgan fingerprint density at radius 2 is 0.662 bits per heavy atom. The lowest BCUT2D eigenvalue weighted by molar-refractivity contribution is 0.768. The van der Waals surface area contributed by atoms with Gasteiger partial charge in [0.15, 0.2) is 0 Å². The maximum absolute atomic E-state index is 2.47. The highest BCUT2D eigenvalue weighted by atomic mass is 15.1. The van der Waals surface area contributed by atoms with Crippen LogP contribution in [0.1, 0.15) is 22.3 Å². The molecule has 15 rings (SSSR count). The van der Waals surface area contributed by atoms with Crippen molar-refractivity contribution < 1.29 is 0 Å². The van der Waals surface area contributed by atoms with Crippen LogP contribution in [0.4, 0.5) is 17.1 Å². The molecule has 0 aromatic heterocycles. The van der Waals surface area contributed by atoms with Gasteiger partial charge in [0.25, 0.3) is 0 Å². The molecule has 0 saturated heterocycles. The van der Waals surface area contributed by atoms with Crippen molar-refractivity contribution in [3.63, 3.8) is 0 Å². The molecule has 14 aromatic carbocycles. The molecule has 0 saturated carbocycles. The Bertz CT molecular complexity index is 4560. The average molecular weight is 1020 g/mol. The van der Waals surface area contributed by atoms with Gasteiger partial charge in [-0.3, -0.25) is 0 Å². The Balaban J connectivity index is 0.907. The van der Waals surface area contributed by atoms with E-state index < -0.39 is 5.41 Å². The Kier molecular flexibility index (Phi) is 11.5. The van der Waals surface area contributed by atoms with Gasteiger partial charge in [-0.2, -0.15) is 0 Å². The molecule has 0 amide bonds. The standard InChI is InChI=1S/C79H53N/c1-5-22-58(23-6-1)77-73-36-16-15-34-69(73)70-49-45-61(52-74(70)78(77)59-24-7-2-8-25-59)60-27-19-32-65(51-60)80(64-46-43-55(44-47-64)54-39-41-57(42-40-54)68-37-20-26-56-21-13-14-33-67(56)68)66-48-50-72-71-35-17-18-38-75(71)79(76(72)53-66,62-28-9-3-10-29-62)63-30-11-4-12-31-63/h1-53H. The molecule has 14 aromatic rings. The fourth-order valence-corrected chi connectivity index (χ4v) is 13.1. The monoisotopic (exact) mass is 1020 g/mol. The molecule has 374 valence electrons. The van der Waals surface area contributed by atoms with Crippen molar-refractivity contribution in [2.45, 2.75) is 5.41 Å². The summed E-state index contributed by atoms with van der Waals surface area (Å²) in [6.07, 6.45) is 0. The topological polar surface area (TPSA) is 3.24 Å². The summed E-state index contributed by atoms with van der Waals surface area (Å²) in [5.41, 5.74) is 22.2. The van der Waals surface area contributed by atoms with Crippen LogP contribution in [0.25, 0.3) is 99.1 Å². The molecule has 1 nitrogen and oxygen atoms in total. The van der Waals surface area contributed by atoms with E-state index in [1.165, 1.54) is 105 Å². The number of benzene rings is 14. The van der Waals surface area contributed by atoms with E-state index in [1.54, 1.807) is 0 Å². The summed E-state index contributed by atoms with van der Waals surface area (Å²) in [4.78, 5) is 2.46. The lowest BCUT2D eigenvalue weighted by Gasteiger charge is -2.35. The van der Waals surface area contributed by atoms with Crippen molar-refractivity contribution in [1.29, 1.82) is 0 Å². The van der Waals surface area contributed by atoms with Gasteiger partial charge in [-0.25, -0.2) is 0 Å². The Hall–Kier alpha value is -10.3. The number of anilines is 3. The van der Waals surface area contributed by atoms with Crippen molar-refractivity contribution in [3.8, 4) is 66.8 Å². The van der Waals surface area contributed by atoms with Crippen LogP contribution in [0.15, 0.2) is 322 Å². The summed E-state index contributed by atoms with van der Waals surface area (Å²) >= 11 is 0. The molecule has 0 aliphatic heterocycles. The zero-order valence-corrected chi connectivity index (χ0v) is 44.0. The predicted molar refractivity (Wildman–Crippen MR) is 338 cm³/mol. The van der Waals surface area contributed by atoms with E-state index in [-0.39, 0.29) is 0 Å². The SMILES string of the molecule is c1ccc(-c2c(-c3ccccc3)c3cc(-c4cccc(N(c5ccc(-c6ccc(-c7cccc8ccccc78)cc6)cc5)c5ccc6c(c5)C(c5ccccc5)(c5ccccc5)c5ccccc5-6)c4)ccc3c3ccccc23)cc1. The van der Waals surface area contributed by atoms with Crippen LogP contribution in [0, 0.1) is 0 Å². The third-order valence-electron chi connectivity index (χ3n) is 16.7. The molecule has 0 N–H and O–H groups in total. The van der Waals surface area contributed by atoms with E-state index in [0.29, 0.717) is 0 Å². The molecular weight excluding hydrogens is 963 g/mol. The summed E-state index contributed by atoms with van der Waals surface area (Å²) in [5, 5.41) is 7.48. The highest BCUT2D eigenvalue weighted by molar-refractivity contribution is 6.22. The van der Waals surface area contributed by atoms with Gasteiger partial charge in [-0.1, -0.05) is 279 Å². The number of hydrogen-bond donors (Lipinski definition) is 0. The van der Waals surface area contributed by atoms with Gasteiger partial charge in [0.1, 0.15) is 0 Å². The molecule has 0 spiro atoms. The zero-order chi connectivity index (χ0) is 53.0. The molecule has 0 heterocycles. The number of fused-ring (bicyclic) bond motifs is 7.